The van der Waals surface area contributed by atoms with E-state index < -0.39 is 94.6 Å². The SMILES string of the molecule is CCC(F)(F)S(=O)(=O)[N-]S(=O)(=O)C(F)(F)F.CCS(=O)(=O)OC.COS(=O)(=O)C(F)(F)F.COS(=O)OC.COS(C)(=O)=O.COS(C)(=O)=O.[Li+]. The molecule has 0 N–H and O–H groups in total. The topological polar surface area (TPSA) is 291 Å². The Bertz CT molecular complexity index is 1580. The van der Waals surface area contributed by atoms with Crippen LogP contribution in [0.3, 0.4) is 0 Å². The molecule has 0 aliphatic carbocycles. The van der Waals surface area contributed by atoms with E-state index >= 15 is 0 Å². The predicted molar refractivity (Wildman–Crippen MR) is 157 cm³/mol. The van der Waals surface area contributed by atoms with E-state index in [1.807, 2.05) is 0 Å². The van der Waals surface area contributed by atoms with E-state index in [0.29, 0.717) is 14.0 Å². The second-order valence-electron chi connectivity index (χ2n) is 6.82. The van der Waals surface area contributed by atoms with Gasteiger partial charge < -0.3 is 4.13 Å². The first-order valence-electron chi connectivity index (χ1n) is 11.0. The van der Waals surface area contributed by atoms with Crippen molar-refractivity contribution in [3.05, 3.63) is 4.13 Å². The van der Waals surface area contributed by atoms with Crippen molar-refractivity contribution in [2.75, 3.05) is 60.9 Å². The van der Waals surface area contributed by atoms with Gasteiger partial charge in [0.1, 0.15) is 10.0 Å². The van der Waals surface area contributed by atoms with E-state index in [4.69, 9.17) is 0 Å². The Morgan fingerprint density at radius 1 is 0.549 bits per heavy atom. The van der Waals surface area contributed by atoms with Crippen molar-refractivity contribution in [2.24, 2.45) is 0 Å². The van der Waals surface area contributed by atoms with Gasteiger partial charge in [-0.15, -0.1) is 0 Å². The summed E-state index contributed by atoms with van der Waals surface area (Å²) < 4.78 is 248. The summed E-state index contributed by atoms with van der Waals surface area (Å²) in [6.45, 7) is 2.17. The Kier molecular flexibility index (Phi) is 35.0. The summed E-state index contributed by atoms with van der Waals surface area (Å²) in [5, 5.41) is -4.66. The summed E-state index contributed by atoms with van der Waals surface area (Å²) in [6, 6.07) is 0. The molecule has 0 spiro atoms. The van der Waals surface area contributed by atoms with Gasteiger partial charge in [0.25, 0.3) is 30.4 Å². The molecule has 0 unspecified atom stereocenters. The Labute approximate surface area is 305 Å². The zero-order valence-electron chi connectivity index (χ0n) is 28.0. The molecule has 0 saturated carbocycles. The van der Waals surface area contributed by atoms with Crippen LogP contribution in [-0.4, -0.2) is 132 Å². The van der Waals surface area contributed by atoms with Gasteiger partial charge in [-0.25, -0.2) is 16.8 Å². The van der Waals surface area contributed by atoms with Crippen molar-refractivity contribution in [3.8, 4) is 0 Å². The van der Waals surface area contributed by atoms with E-state index in [0.717, 1.165) is 33.8 Å². The minimum absolute atomic E-state index is 0. The van der Waals surface area contributed by atoms with Crippen molar-refractivity contribution in [2.45, 2.75) is 36.5 Å². The van der Waals surface area contributed by atoms with Gasteiger partial charge in [0.2, 0.25) is 0 Å². The van der Waals surface area contributed by atoms with Crippen LogP contribution >= 0.6 is 0 Å². The quantitative estimate of drug-likeness (QED) is 0.0942. The molecule has 0 bridgehead atoms. The van der Waals surface area contributed by atoms with Crippen LogP contribution < -0.4 is 18.9 Å². The van der Waals surface area contributed by atoms with E-state index in [-0.39, 0.29) is 24.6 Å². The summed E-state index contributed by atoms with van der Waals surface area (Å²) in [5.74, 6) is 0.0451. The number of rotatable bonds is 11. The van der Waals surface area contributed by atoms with E-state index in [9.17, 15) is 89.8 Å². The first kappa shape index (κ1) is 65.5. The molecule has 0 aromatic carbocycles. The Morgan fingerprint density at radius 3 is 0.922 bits per heavy atom. The van der Waals surface area contributed by atoms with E-state index in [1.54, 1.807) is 0 Å². The molecular weight excluding hydrogens is 882 g/mol. The molecule has 0 aliphatic heterocycles. The van der Waals surface area contributed by atoms with Crippen molar-refractivity contribution < 1.29 is 134 Å². The largest absolute Gasteiger partial charge is 1.00 e. The average molecular weight is 916 g/mol. The van der Waals surface area contributed by atoms with Gasteiger partial charge in [-0.05, 0) is 6.92 Å². The molecule has 0 fully saturated rings. The molecular formula is C15H34F8LiNO19S7. The van der Waals surface area contributed by atoms with E-state index in [1.165, 1.54) is 25.3 Å². The Balaban J connectivity index is -0.0000000958. The molecule has 0 heterocycles. The van der Waals surface area contributed by atoms with Crippen molar-refractivity contribution >= 4 is 71.9 Å². The zero-order chi connectivity index (χ0) is 42.4. The number of halogens is 8. The molecule has 20 nitrogen and oxygen atoms in total. The van der Waals surface area contributed by atoms with Gasteiger partial charge in [0, 0.05) is 6.42 Å². The monoisotopic (exact) mass is 915 g/mol. The molecule has 36 heteroatoms. The maximum atomic E-state index is 12.5. The minimum Gasteiger partial charge on any atom is -0.423 e. The molecule has 0 atom stereocenters. The van der Waals surface area contributed by atoms with Crippen molar-refractivity contribution in [1.29, 1.82) is 0 Å². The summed E-state index contributed by atoms with van der Waals surface area (Å²) in [6.07, 6.45) is 0.589. The van der Waals surface area contributed by atoms with Gasteiger partial charge in [-0.1, -0.05) is 6.92 Å². The summed E-state index contributed by atoms with van der Waals surface area (Å²) >= 11 is -1.53. The van der Waals surface area contributed by atoms with Crippen LogP contribution in [0, 0.1) is 0 Å². The molecule has 0 aromatic heterocycles. The third kappa shape index (κ3) is 37.7. The van der Waals surface area contributed by atoms with Crippen molar-refractivity contribution in [1.82, 2.24) is 0 Å². The zero-order valence-corrected chi connectivity index (χ0v) is 33.7. The Hall–Kier alpha value is -0.393. The van der Waals surface area contributed by atoms with Crippen LogP contribution in [-0.2, 0) is 97.0 Å². The fourth-order valence-corrected chi connectivity index (χ4v) is 3.42. The maximum absolute atomic E-state index is 12.5. The maximum Gasteiger partial charge on any atom is 1.00 e. The molecule has 0 rings (SSSR count). The average Bonchev–Trinajstić information content (AvgIpc) is 2.95. The predicted octanol–water partition coefficient (Wildman–Crippen LogP) is -1.95. The number of hydrogen-bond acceptors (Lipinski definition) is 19. The summed E-state index contributed by atoms with van der Waals surface area (Å²) in [5.41, 5.74) is -11.3. The number of hydrogen-bond donors (Lipinski definition) is 0. The third-order valence-electron chi connectivity index (χ3n) is 3.27. The summed E-state index contributed by atoms with van der Waals surface area (Å²) in [4.78, 5) is 0. The number of nitrogens with zero attached hydrogens (tertiary/aromatic N) is 1. The minimum atomic E-state index is -6.49. The molecule has 0 aromatic rings. The van der Waals surface area contributed by atoms with Crippen LogP contribution in [0.25, 0.3) is 4.13 Å². The fourth-order valence-electron chi connectivity index (χ4n) is 0.689. The van der Waals surface area contributed by atoms with Gasteiger partial charge in [0.15, 0.2) is 10.0 Å². The summed E-state index contributed by atoms with van der Waals surface area (Å²) in [7, 11) is -20.9. The smallest absolute Gasteiger partial charge is 0.423 e. The molecule has 0 saturated heterocycles. The first-order chi connectivity index (χ1) is 21.6. The second-order valence-corrected chi connectivity index (χ2v) is 18.7. The molecule has 312 valence electrons. The van der Waals surface area contributed by atoms with Crippen LogP contribution in [0.4, 0.5) is 35.1 Å². The molecule has 0 radical (unpaired) electrons. The standard InChI is InChI=1S/C4H5F5NO4S2.C3H8O3S.C2H3F3O3S.3C2H6O3S.Li/c1-2-3(5,6)15(11,12)10-16(13,14)4(7,8)9;1-3-7(4,5)6-2;1-8-9(6,7)2(3,4)5;2*1-5-6(2,3)4;1-4-6(3)5-2;/h2H2,1H3;3H2,1-2H3;1H3;3*1-2H3;/q-1;;;;;;+1. The van der Waals surface area contributed by atoms with Crippen molar-refractivity contribution in [3.63, 3.8) is 0 Å². The van der Waals surface area contributed by atoms with Crippen LogP contribution in [0.2, 0.25) is 0 Å². The van der Waals surface area contributed by atoms with Gasteiger partial charge >= 0.3 is 56.6 Å². The van der Waals surface area contributed by atoms with Crippen LogP contribution in [0.15, 0.2) is 0 Å². The number of sulfonamides is 2. The van der Waals surface area contributed by atoms with Crippen LogP contribution in [0.1, 0.15) is 20.3 Å². The van der Waals surface area contributed by atoms with Crippen LogP contribution in [0.5, 0.6) is 0 Å². The molecule has 0 aliphatic rings. The van der Waals surface area contributed by atoms with Gasteiger partial charge in [-0.2, -0.15) is 73.0 Å². The van der Waals surface area contributed by atoms with Gasteiger partial charge in [-0.3, -0.25) is 25.1 Å². The third-order valence-corrected chi connectivity index (χ3v) is 10.4. The first-order valence-corrected chi connectivity index (χ1v) is 21.5. The van der Waals surface area contributed by atoms with E-state index in [2.05, 4.69) is 25.1 Å². The molecule has 0 amide bonds. The van der Waals surface area contributed by atoms with Gasteiger partial charge in [0.05, 0.1) is 60.9 Å². The number of alkyl halides is 8. The molecule has 51 heavy (non-hydrogen) atoms. The Morgan fingerprint density at radius 2 is 0.843 bits per heavy atom. The normalized spacial score (nSPS) is 12.7. The fraction of sp³-hybridized carbons (Fsp3) is 1.00. The second kappa shape index (κ2) is 27.2.